The second-order valence-corrected chi connectivity index (χ2v) is 4.96. The van der Waals surface area contributed by atoms with E-state index < -0.39 is 0 Å². The third-order valence-electron chi connectivity index (χ3n) is 3.47. The third kappa shape index (κ3) is 4.58. The Kier molecular flexibility index (Phi) is 6.36. The van der Waals surface area contributed by atoms with E-state index in [1.165, 1.54) is 0 Å². The molecular formula is C17H22N2O5. The van der Waals surface area contributed by atoms with E-state index in [1.54, 1.807) is 45.8 Å². The number of carbonyl (C=O) groups excluding carboxylic acids is 1. The summed E-state index contributed by atoms with van der Waals surface area (Å²) < 4.78 is 21.1. The first-order valence-corrected chi connectivity index (χ1v) is 7.51. The van der Waals surface area contributed by atoms with Gasteiger partial charge in [-0.2, -0.15) is 0 Å². The van der Waals surface area contributed by atoms with Crippen LogP contribution in [0.5, 0.6) is 17.2 Å². The molecule has 2 amide bonds. The van der Waals surface area contributed by atoms with Gasteiger partial charge in [-0.3, -0.25) is 0 Å². The highest BCUT2D eigenvalue weighted by atomic mass is 16.5. The molecular weight excluding hydrogens is 312 g/mol. The summed E-state index contributed by atoms with van der Waals surface area (Å²) in [5.41, 5.74) is 0.918. The van der Waals surface area contributed by atoms with Gasteiger partial charge in [0.25, 0.3) is 0 Å². The van der Waals surface area contributed by atoms with Gasteiger partial charge >= 0.3 is 6.03 Å². The topological polar surface area (TPSA) is 82.0 Å². The molecule has 0 saturated carbocycles. The van der Waals surface area contributed by atoms with Crippen LogP contribution in [-0.2, 0) is 13.0 Å². The van der Waals surface area contributed by atoms with Crippen molar-refractivity contribution in [3.63, 3.8) is 0 Å². The Bertz CT molecular complexity index is 655. The highest BCUT2D eigenvalue weighted by molar-refractivity contribution is 5.73. The van der Waals surface area contributed by atoms with E-state index in [1.807, 2.05) is 6.07 Å². The van der Waals surface area contributed by atoms with Gasteiger partial charge < -0.3 is 29.3 Å². The van der Waals surface area contributed by atoms with Crippen molar-refractivity contribution in [3.05, 3.63) is 41.9 Å². The van der Waals surface area contributed by atoms with Gasteiger partial charge in [0.1, 0.15) is 11.5 Å². The molecule has 1 aromatic carbocycles. The molecule has 0 fully saturated rings. The molecule has 0 radical (unpaired) electrons. The minimum atomic E-state index is -0.258. The maximum Gasteiger partial charge on any atom is 0.315 e. The number of hydrogen-bond acceptors (Lipinski definition) is 5. The van der Waals surface area contributed by atoms with Crippen molar-refractivity contribution >= 4 is 6.03 Å². The standard InChI is InChI=1S/C17H22N2O5/c1-21-14-10-16(23-3)15(22-2)9-12(14)6-7-18-17(20)19-11-13-5-4-8-24-13/h4-5,8-10H,6-7,11H2,1-3H3,(H2,18,19,20). The lowest BCUT2D eigenvalue weighted by atomic mass is 10.1. The van der Waals surface area contributed by atoms with Crippen LogP contribution < -0.4 is 24.8 Å². The van der Waals surface area contributed by atoms with E-state index in [4.69, 9.17) is 18.6 Å². The zero-order valence-corrected chi connectivity index (χ0v) is 14.0. The Morgan fingerprint density at radius 2 is 1.75 bits per heavy atom. The number of methoxy groups -OCH3 is 3. The van der Waals surface area contributed by atoms with E-state index in [2.05, 4.69) is 10.6 Å². The second-order valence-electron chi connectivity index (χ2n) is 4.96. The number of ether oxygens (including phenoxy) is 3. The van der Waals surface area contributed by atoms with Crippen molar-refractivity contribution in [1.82, 2.24) is 10.6 Å². The Morgan fingerprint density at radius 3 is 2.38 bits per heavy atom. The van der Waals surface area contributed by atoms with E-state index in [-0.39, 0.29) is 6.03 Å². The second kappa shape index (κ2) is 8.71. The lowest BCUT2D eigenvalue weighted by Crippen LogP contribution is -2.36. The van der Waals surface area contributed by atoms with Gasteiger partial charge in [0.2, 0.25) is 0 Å². The molecule has 0 aliphatic carbocycles. The minimum Gasteiger partial charge on any atom is -0.496 e. The van der Waals surface area contributed by atoms with E-state index >= 15 is 0 Å². The summed E-state index contributed by atoms with van der Waals surface area (Å²) in [6, 6.07) is 6.93. The predicted octanol–water partition coefficient (Wildman–Crippen LogP) is 2.35. The van der Waals surface area contributed by atoms with E-state index in [0.717, 1.165) is 5.56 Å². The summed E-state index contributed by atoms with van der Waals surface area (Å²) >= 11 is 0. The largest absolute Gasteiger partial charge is 0.496 e. The zero-order chi connectivity index (χ0) is 17.4. The monoisotopic (exact) mass is 334 g/mol. The third-order valence-corrected chi connectivity index (χ3v) is 3.47. The summed E-state index contributed by atoms with van der Waals surface area (Å²) in [7, 11) is 4.74. The molecule has 1 heterocycles. The van der Waals surface area contributed by atoms with Gasteiger partial charge in [-0.15, -0.1) is 0 Å². The van der Waals surface area contributed by atoms with E-state index in [0.29, 0.717) is 42.5 Å². The summed E-state index contributed by atoms with van der Waals surface area (Å²) in [6.45, 7) is 0.800. The van der Waals surface area contributed by atoms with Crippen LogP contribution in [0.3, 0.4) is 0 Å². The number of benzene rings is 1. The van der Waals surface area contributed by atoms with Crippen LogP contribution in [0.25, 0.3) is 0 Å². The fourth-order valence-electron chi connectivity index (χ4n) is 2.24. The molecule has 0 spiro atoms. The highest BCUT2D eigenvalue weighted by Crippen LogP contribution is 2.34. The summed E-state index contributed by atoms with van der Waals surface area (Å²) in [4.78, 5) is 11.8. The normalized spacial score (nSPS) is 10.1. The Balaban J connectivity index is 1.87. The maximum absolute atomic E-state index is 11.8. The van der Waals surface area contributed by atoms with E-state index in [9.17, 15) is 4.79 Å². The number of amides is 2. The lowest BCUT2D eigenvalue weighted by Gasteiger charge is -2.14. The highest BCUT2D eigenvalue weighted by Gasteiger charge is 2.12. The molecule has 2 aromatic rings. The van der Waals surface area contributed by atoms with Crippen LogP contribution in [0, 0.1) is 0 Å². The average Bonchev–Trinajstić information content (AvgIpc) is 3.13. The molecule has 7 nitrogen and oxygen atoms in total. The first-order valence-electron chi connectivity index (χ1n) is 7.51. The first kappa shape index (κ1) is 17.5. The molecule has 0 aliphatic heterocycles. The van der Waals surface area contributed by atoms with Gasteiger partial charge in [0, 0.05) is 12.6 Å². The number of rotatable bonds is 8. The fraction of sp³-hybridized carbons (Fsp3) is 0.353. The Hall–Kier alpha value is -2.83. The van der Waals surface area contributed by atoms with Gasteiger partial charge in [0.05, 0.1) is 34.1 Å². The molecule has 1 aromatic heterocycles. The van der Waals surface area contributed by atoms with Gasteiger partial charge in [-0.1, -0.05) is 0 Å². The molecule has 2 N–H and O–H groups in total. The molecule has 0 atom stereocenters. The van der Waals surface area contributed by atoms with Crippen molar-refractivity contribution in [2.45, 2.75) is 13.0 Å². The van der Waals surface area contributed by atoms with Crippen molar-refractivity contribution in [2.24, 2.45) is 0 Å². The Morgan fingerprint density at radius 1 is 1.04 bits per heavy atom. The molecule has 130 valence electrons. The molecule has 0 unspecified atom stereocenters. The van der Waals surface area contributed by atoms with Gasteiger partial charge in [0.15, 0.2) is 11.5 Å². The summed E-state index contributed by atoms with van der Waals surface area (Å²) in [5, 5.41) is 5.51. The van der Waals surface area contributed by atoms with Crippen LogP contribution in [0.1, 0.15) is 11.3 Å². The van der Waals surface area contributed by atoms with Crippen LogP contribution in [-0.4, -0.2) is 33.9 Å². The first-order chi connectivity index (χ1) is 11.7. The van der Waals surface area contributed by atoms with Crippen LogP contribution in [0.15, 0.2) is 34.9 Å². The molecule has 24 heavy (non-hydrogen) atoms. The van der Waals surface area contributed by atoms with Crippen LogP contribution in [0.4, 0.5) is 4.79 Å². The number of hydrogen-bond donors (Lipinski definition) is 2. The molecule has 0 bridgehead atoms. The van der Waals surface area contributed by atoms with Crippen LogP contribution >= 0.6 is 0 Å². The number of urea groups is 1. The Labute approximate surface area is 140 Å². The van der Waals surface area contributed by atoms with Gasteiger partial charge in [-0.25, -0.2) is 4.79 Å². The lowest BCUT2D eigenvalue weighted by molar-refractivity contribution is 0.239. The molecule has 0 saturated heterocycles. The molecule has 2 rings (SSSR count). The van der Waals surface area contributed by atoms with Crippen molar-refractivity contribution in [2.75, 3.05) is 27.9 Å². The maximum atomic E-state index is 11.8. The smallest absolute Gasteiger partial charge is 0.315 e. The average molecular weight is 334 g/mol. The summed E-state index contributed by atoms with van der Waals surface area (Å²) in [6.07, 6.45) is 2.16. The SMILES string of the molecule is COc1cc(OC)c(OC)cc1CCNC(=O)NCc1ccco1. The van der Waals surface area contributed by atoms with Crippen molar-refractivity contribution in [1.29, 1.82) is 0 Å². The van der Waals surface area contributed by atoms with Crippen LogP contribution in [0.2, 0.25) is 0 Å². The number of carbonyl (C=O) groups is 1. The predicted molar refractivity (Wildman–Crippen MR) is 88.7 cm³/mol. The van der Waals surface area contributed by atoms with Crippen molar-refractivity contribution in [3.8, 4) is 17.2 Å². The number of nitrogens with one attached hydrogen (secondary N) is 2. The van der Waals surface area contributed by atoms with Crippen molar-refractivity contribution < 1.29 is 23.4 Å². The van der Waals surface area contributed by atoms with Gasteiger partial charge in [-0.05, 0) is 30.2 Å². The molecule has 7 heteroatoms. The minimum absolute atomic E-state index is 0.258. The number of furan rings is 1. The molecule has 0 aliphatic rings. The zero-order valence-electron chi connectivity index (χ0n) is 14.0. The summed E-state index contributed by atoms with van der Waals surface area (Å²) in [5.74, 6) is 2.61. The quantitative estimate of drug-likeness (QED) is 0.774. The fourth-order valence-corrected chi connectivity index (χ4v) is 2.24.